The molecule has 1 aliphatic rings. The van der Waals surface area contributed by atoms with Gasteiger partial charge in [-0.25, -0.2) is 0 Å². The van der Waals surface area contributed by atoms with Crippen LogP contribution in [0.1, 0.15) is 55.5 Å². The minimum absolute atomic E-state index is 0.224. The SMILES string of the molecule is CC[C@H](C(=O)Nc1ccccc1C(=O)N(Cc1ccccc1)Cc1ccccc1)N1C(=O)c2ccccc2C1=O. The van der Waals surface area contributed by atoms with Gasteiger partial charge in [0.15, 0.2) is 0 Å². The Morgan fingerprint density at radius 1 is 0.700 bits per heavy atom. The van der Waals surface area contributed by atoms with Crippen molar-refractivity contribution < 1.29 is 19.2 Å². The first-order chi connectivity index (χ1) is 19.5. The first-order valence-electron chi connectivity index (χ1n) is 13.2. The second-order valence-electron chi connectivity index (χ2n) is 9.62. The Kier molecular flexibility index (Phi) is 7.82. The van der Waals surface area contributed by atoms with Gasteiger partial charge in [-0.1, -0.05) is 91.9 Å². The molecule has 4 amide bonds. The van der Waals surface area contributed by atoms with Crippen LogP contribution in [0.5, 0.6) is 0 Å². The predicted molar refractivity (Wildman–Crippen MR) is 153 cm³/mol. The Bertz CT molecular complexity index is 1480. The second-order valence-corrected chi connectivity index (χ2v) is 9.62. The van der Waals surface area contributed by atoms with Crippen LogP contribution in [0.15, 0.2) is 109 Å². The summed E-state index contributed by atoms with van der Waals surface area (Å²) in [6.45, 7) is 2.50. The molecule has 7 nitrogen and oxygen atoms in total. The number of fused-ring (bicyclic) bond motifs is 1. The smallest absolute Gasteiger partial charge is 0.262 e. The first kappa shape index (κ1) is 26.6. The van der Waals surface area contributed by atoms with Crippen LogP contribution in [0.25, 0.3) is 0 Å². The van der Waals surface area contributed by atoms with Crippen molar-refractivity contribution in [1.29, 1.82) is 0 Å². The Morgan fingerprint density at radius 2 is 1.18 bits per heavy atom. The summed E-state index contributed by atoms with van der Waals surface area (Å²) >= 11 is 0. The van der Waals surface area contributed by atoms with E-state index < -0.39 is 23.8 Å². The summed E-state index contributed by atoms with van der Waals surface area (Å²) < 4.78 is 0. The summed E-state index contributed by atoms with van der Waals surface area (Å²) in [4.78, 5) is 56.3. The number of rotatable bonds is 9. The number of para-hydroxylation sites is 1. The van der Waals surface area contributed by atoms with Crippen LogP contribution in [0.4, 0.5) is 5.69 Å². The summed E-state index contributed by atoms with van der Waals surface area (Å²) in [5, 5.41) is 2.84. The number of nitrogens with one attached hydrogen (secondary N) is 1. The number of benzene rings is 4. The maximum absolute atomic E-state index is 14.0. The van der Waals surface area contributed by atoms with Crippen LogP contribution in [0.2, 0.25) is 0 Å². The normalized spacial score (nSPS) is 13.1. The number of hydrogen-bond donors (Lipinski definition) is 1. The molecular formula is C33H29N3O4. The third kappa shape index (κ3) is 5.40. The van der Waals surface area contributed by atoms with Gasteiger partial charge in [0.1, 0.15) is 6.04 Å². The van der Waals surface area contributed by atoms with Crippen molar-refractivity contribution in [2.45, 2.75) is 32.5 Å². The quantitative estimate of drug-likeness (QED) is 0.287. The van der Waals surface area contributed by atoms with Gasteiger partial charge < -0.3 is 10.2 Å². The molecule has 0 aromatic heterocycles. The molecule has 0 bridgehead atoms. The number of carbonyl (C=O) groups excluding carboxylic acids is 4. The zero-order valence-corrected chi connectivity index (χ0v) is 22.1. The lowest BCUT2D eigenvalue weighted by Gasteiger charge is -2.26. The van der Waals surface area contributed by atoms with E-state index in [9.17, 15) is 19.2 Å². The first-order valence-corrected chi connectivity index (χ1v) is 13.2. The number of amides is 4. The van der Waals surface area contributed by atoms with Gasteiger partial charge >= 0.3 is 0 Å². The van der Waals surface area contributed by atoms with Gasteiger partial charge in [0.25, 0.3) is 17.7 Å². The van der Waals surface area contributed by atoms with Crippen molar-refractivity contribution in [2.24, 2.45) is 0 Å². The van der Waals surface area contributed by atoms with Gasteiger partial charge in [0.2, 0.25) is 5.91 Å². The predicted octanol–water partition coefficient (Wildman–Crippen LogP) is 5.54. The molecule has 0 spiro atoms. The Labute approximate surface area is 233 Å². The highest BCUT2D eigenvalue weighted by molar-refractivity contribution is 6.23. The molecule has 0 radical (unpaired) electrons. The van der Waals surface area contributed by atoms with E-state index in [-0.39, 0.29) is 23.5 Å². The van der Waals surface area contributed by atoms with Crippen LogP contribution in [-0.2, 0) is 17.9 Å². The van der Waals surface area contributed by atoms with E-state index in [1.54, 1.807) is 60.4 Å². The van der Waals surface area contributed by atoms with Gasteiger partial charge in [0.05, 0.1) is 22.4 Å². The number of hydrogen-bond acceptors (Lipinski definition) is 4. The van der Waals surface area contributed by atoms with Gasteiger partial charge in [-0.05, 0) is 41.8 Å². The lowest BCUT2D eigenvalue weighted by atomic mass is 10.1. The van der Waals surface area contributed by atoms with Gasteiger partial charge in [0, 0.05) is 13.1 Å². The third-order valence-electron chi connectivity index (χ3n) is 6.96. The lowest BCUT2D eigenvalue weighted by Crippen LogP contribution is -2.47. The molecule has 1 heterocycles. The zero-order valence-electron chi connectivity index (χ0n) is 22.1. The molecule has 0 saturated carbocycles. The minimum Gasteiger partial charge on any atom is -0.330 e. The maximum atomic E-state index is 14.0. The number of imide groups is 1. The van der Waals surface area contributed by atoms with Crippen molar-refractivity contribution in [3.8, 4) is 0 Å². The molecule has 4 aromatic rings. The van der Waals surface area contributed by atoms with E-state index in [2.05, 4.69) is 5.32 Å². The standard InChI is InChI=1S/C33H29N3O4/c1-2-29(36-32(39)25-17-9-10-18-26(25)33(36)40)30(37)34-28-20-12-11-19-27(28)31(38)35(21-23-13-5-3-6-14-23)22-24-15-7-4-8-16-24/h3-20,29H,2,21-22H2,1H3,(H,34,37)/t29-/m1/s1. The molecule has 0 unspecified atom stereocenters. The van der Waals surface area contributed by atoms with Crippen molar-refractivity contribution in [2.75, 3.05) is 5.32 Å². The molecule has 200 valence electrons. The van der Waals surface area contributed by atoms with Crippen molar-refractivity contribution >= 4 is 29.3 Å². The number of nitrogens with zero attached hydrogens (tertiary/aromatic N) is 2. The monoisotopic (exact) mass is 531 g/mol. The number of carbonyl (C=O) groups is 4. The molecule has 0 saturated heterocycles. The zero-order chi connectivity index (χ0) is 28.1. The highest BCUT2D eigenvalue weighted by atomic mass is 16.2. The molecule has 1 aliphatic heterocycles. The van der Waals surface area contributed by atoms with E-state index in [4.69, 9.17) is 0 Å². The van der Waals surface area contributed by atoms with Crippen LogP contribution in [-0.4, -0.2) is 39.5 Å². The van der Waals surface area contributed by atoms with Gasteiger partial charge in [-0.15, -0.1) is 0 Å². The maximum Gasteiger partial charge on any atom is 0.262 e. The van der Waals surface area contributed by atoms with Crippen molar-refractivity contribution in [3.05, 3.63) is 137 Å². The van der Waals surface area contributed by atoms with Crippen molar-refractivity contribution in [3.63, 3.8) is 0 Å². The third-order valence-corrected chi connectivity index (χ3v) is 6.96. The summed E-state index contributed by atoms with van der Waals surface area (Å²) in [5.74, 6) is -1.78. The molecule has 40 heavy (non-hydrogen) atoms. The molecule has 4 aromatic carbocycles. The van der Waals surface area contributed by atoms with Crippen LogP contribution < -0.4 is 5.32 Å². The Balaban J connectivity index is 1.41. The highest BCUT2D eigenvalue weighted by Crippen LogP contribution is 2.27. The molecule has 5 rings (SSSR count). The fraction of sp³-hybridized carbons (Fsp3) is 0.152. The molecule has 0 aliphatic carbocycles. The average Bonchev–Trinajstić information content (AvgIpc) is 3.24. The largest absolute Gasteiger partial charge is 0.330 e. The minimum atomic E-state index is -1.03. The summed E-state index contributed by atoms with van der Waals surface area (Å²) in [7, 11) is 0. The summed E-state index contributed by atoms with van der Waals surface area (Å²) in [6, 6.07) is 31.8. The fourth-order valence-corrected chi connectivity index (χ4v) is 4.95. The van der Waals surface area contributed by atoms with Crippen molar-refractivity contribution in [1.82, 2.24) is 9.80 Å². The summed E-state index contributed by atoms with van der Waals surface area (Å²) in [6.07, 6.45) is 0.224. The Hall–Kier alpha value is -5.04. The molecule has 0 fully saturated rings. The van der Waals surface area contributed by atoms with E-state index >= 15 is 0 Å². The second kappa shape index (κ2) is 11.8. The van der Waals surface area contributed by atoms with Crippen LogP contribution >= 0.6 is 0 Å². The molecule has 1 N–H and O–H groups in total. The fourth-order valence-electron chi connectivity index (χ4n) is 4.95. The van der Waals surface area contributed by atoms with Crippen LogP contribution in [0, 0.1) is 0 Å². The summed E-state index contributed by atoms with van der Waals surface area (Å²) in [5.41, 5.74) is 3.16. The molecule has 7 heteroatoms. The Morgan fingerprint density at radius 3 is 1.70 bits per heavy atom. The van der Waals surface area contributed by atoms with E-state index in [0.29, 0.717) is 24.3 Å². The highest BCUT2D eigenvalue weighted by Gasteiger charge is 2.42. The van der Waals surface area contributed by atoms with E-state index in [0.717, 1.165) is 16.0 Å². The van der Waals surface area contributed by atoms with Gasteiger partial charge in [-0.2, -0.15) is 0 Å². The number of anilines is 1. The molecular weight excluding hydrogens is 502 g/mol. The topological polar surface area (TPSA) is 86.8 Å². The van der Waals surface area contributed by atoms with E-state index in [1.165, 1.54) is 0 Å². The lowest BCUT2D eigenvalue weighted by molar-refractivity contribution is -0.120. The molecule has 1 atom stereocenters. The average molecular weight is 532 g/mol. The van der Waals surface area contributed by atoms with Gasteiger partial charge in [-0.3, -0.25) is 24.1 Å². The van der Waals surface area contributed by atoms with Crippen LogP contribution in [0.3, 0.4) is 0 Å². The van der Waals surface area contributed by atoms with E-state index in [1.807, 2.05) is 60.7 Å².